The number of anilines is 1. The highest BCUT2D eigenvalue weighted by atomic mass is 32.2. The molecule has 0 spiro atoms. The van der Waals surface area contributed by atoms with E-state index in [9.17, 15) is 36.0 Å². The van der Waals surface area contributed by atoms with Gasteiger partial charge in [0.2, 0.25) is 0 Å². The van der Waals surface area contributed by atoms with E-state index in [1.807, 2.05) is 0 Å². The quantitative estimate of drug-likeness (QED) is 0.155. The van der Waals surface area contributed by atoms with E-state index in [0.717, 1.165) is 29.0 Å². The predicted octanol–water partition coefficient (Wildman–Crippen LogP) is 7.04. The molecule has 0 unspecified atom stereocenters. The fourth-order valence-corrected chi connectivity index (χ4v) is 6.41. The minimum atomic E-state index is -4.44. The van der Waals surface area contributed by atoms with Gasteiger partial charge in [-0.25, -0.2) is 13.1 Å². The first-order valence-electron chi connectivity index (χ1n) is 14.0. The Morgan fingerprint density at radius 2 is 1.40 bits per heavy atom. The lowest BCUT2D eigenvalue weighted by Crippen LogP contribution is -2.30. The second-order valence-corrected chi connectivity index (χ2v) is 13.0. The average Bonchev–Trinajstić information content (AvgIpc) is 3.59. The molecule has 3 N–H and O–H groups in total. The monoisotopic (exact) mass is 677 g/mol. The third kappa shape index (κ3) is 8.12. The number of benzene rings is 4. The molecule has 0 saturated carbocycles. The molecule has 5 rings (SSSR count). The first-order chi connectivity index (χ1) is 22.3. The highest BCUT2D eigenvalue weighted by Crippen LogP contribution is 2.30. The summed E-state index contributed by atoms with van der Waals surface area (Å²) in [5.74, 6) is -1.62. The van der Waals surface area contributed by atoms with Crippen LogP contribution >= 0.6 is 11.3 Å². The molecule has 5 aromatic rings. The minimum absolute atomic E-state index is 0.0329. The molecule has 0 aliphatic carbocycles. The number of aryl methyl sites for hydroxylation is 1. The van der Waals surface area contributed by atoms with Crippen LogP contribution in [-0.2, 0) is 22.7 Å². The van der Waals surface area contributed by atoms with Crippen molar-refractivity contribution in [3.8, 4) is 11.1 Å². The fourth-order valence-electron chi connectivity index (χ4n) is 4.54. The van der Waals surface area contributed by atoms with Crippen LogP contribution in [0.5, 0.6) is 0 Å². The number of rotatable bonds is 9. The molecule has 240 valence electrons. The second kappa shape index (κ2) is 13.6. The van der Waals surface area contributed by atoms with Gasteiger partial charge in [0.15, 0.2) is 0 Å². The molecule has 47 heavy (non-hydrogen) atoms. The molecule has 0 saturated heterocycles. The fraction of sp³-hybridized carbons (Fsp3) is 0.0882. The summed E-state index contributed by atoms with van der Waals surface area (Å²) in [6, 6.07) is 24.7. The van der Waals surface area contributed by atoms with Crippen molar-refractivity contribution in [3.63, 3.8) is 0 Å². The van der Waals surface area contributed by atoms with Crippen LogP contribution in [0.15, 0.2) is 113 Å². The van der Waals surface area contributed by atoms with Gasteiger partial charge in [-0.2, -0.15) is 13.2 Å². The highest BCUT2D eigenvalue weighted by Gasteiger charge is 2.30. The number of carbonyl (C=O) groups is 3. The first-order valence-corrected chi connectivity index (χ1v) is 16.3. The summed E-state index contributed by atoms with van der Waals surface area (Å²) in [6.45, 7) is 1.84. The zero-order valence-corrected chi connectivity index (χ0v) is 26.2. The molecule has 1 heterocycles. The highest BCUT2D eigenvalue weighted by molar-refractivity contribution is 7.90. The lowest BCUT2D eigenvalue weighted by Gasteiger charge is -2.13. The first kappa shape index (κ1) is 33.1. The summed E-state index contributed by atoms with van der Waals surface area (Å²) in [7, 11) is -4.22. The molecule has 0 aliphatic heterocycles. The Kier molecular flexibility index (Phi) is 9.59. The Hall–Kier alpha value is -5.27. The average molecular weight is 678 g/mol. The van der Waals surface area contributed by atoms with Crippen LogP contribution in [0.3, 0.4) is 0 Å². The van der Waals surface area contributed by atoms with Crippen molar-refractivity contribution >= 4 is 44.8 Å². The lowest BCUT2D eigenvalue weighted by atomic mass is 10.0. The number of nitrogens with one attached hydrogen (secondary N) is 3. The van der Waals surface area contributed by atoms with Crippen LogP contribution in [0.1, 0.15) is 47.1 Å². The van der Waals surface area contributed by atoms with E-state index in [0.29, 0.717) is 22.4 Å². The summed E-state index contributed by atoms with van der Waals surface area (Å²) >= 11 is 1.12. The number of halogens is 3. The zero-order valence-electron chi connectivity index (χ0n) is 24.6. The van der Waals surface area contributed by atoms with Gasteiger partial charge in [0, 0.05) is 28.9 Å². The van der Waals surface area contributed by atoms with Gasteiger partial charge < -0.3 is 10.6 Å². The maximum Gasteiger partial charge on any atom is 0.416 e. The van der Waals surface area contributed by atoms with E-state index in [-0.39, 0.29) is 27.4 Å². The lowest BCUT2D eigenvalue weighted by molar-refractivity contribution is -0.137. The number of carbonyl (C=O) groups excluding carboxylic acids is 3. The second-order valence-electron chi connectivity index (χ2n) is 10.4. The molecule has 0 atom stereocenters. The van der Waals surface area contributed by atoms with Crippen LogP contribution in [0.4, 0.5) is 18.9 Å². The standard InChI is InChI=1S/C34H26F3N3O5S2/c1-21-4-17-30(47(44,45)40-33(43)29-3-2-18-46-29)28(19-21)23-7-9-25(10-8-23)32(42)39-27-15-11-24(12-16-27)31(41)38-20-22-5-13-26(14-6-22)34(35,36)37/h2-19H,20H2,1H3,(H,38,41)(H,39,42)(H,40,43). The van der Waals surface area contributed by atoms with Gasteiger partial charge in [-0.15, -0.1) is 11.3 Å². The van der Waals surface area contributed by atoms with Crippen LogP contribution in [-0.4, -0.2) is 26.1 Å². The van der Waals surface area contributed by atoms with Crippen molar-refractivity contribution in [2.24, 2.45) is 0 Å². The Bertz CT molecular complexity index is 2030. The Morgan fingerprint density at radius 1 is 0.766 bits per heavy atom. The molecule has 8 nitrogen and oxygen atoms in total. The van der Waals surface area contributed by atoms with Crippen molar-refractivity contribution in [3.05, 3.63) is 141 Å². The van der Waals surface area contributed by atoms with E-state index in [1.165, 1.54) is 60.7 Å². The zero-order chi connectivity index (χ0) is 33.8. The summed E-state index contributed by atoms with van der Waals surface area (Å²) in [5, 5.41) is 7.05. The summed E-state index contributed by atoms with van der Waals surface area (Å²) in [6.07, 6.45) is -4.44. The van der Waals surface area contributed by atoms with E-state index < -0.39 is 39.5 Å². The van der Waals surface area contributed by atoms with Gasteiger partial charge in [-0.1, -0.05) is 48.0 Å². The van der Waals surface area contributed by atoms with Gasteiger partial charge >= 0.3 is 6.18 Å². The molecule has 0 bridgehead atoms. The molecule has 0 aliphatic rings. The molecule has 3 amide bonds. The van der Waals surface area contributed by atoms with Gasteiger partial charge in [0.1, 0.15) is 0 Å². The maximum absolute atomic E-state index is 13.2. The third-order valence-electron chi connectivity index (χ3n) is 6.99. The van der Waals surface area contributed by atoms with Gasteiger partial charge in [-0.3, -0.25) is 14.4 Å². The van der Waals surface area contributed by atoms with Crippen molar-refractivity contribution in [2.45, 2.75) is 24.5 Å². The molecule has 1 aromatic heterocycles. The molecule has 13 heteroatoms. The van der Waals surface area contributed by atoms with E-state index in [1.54, 1.807) is 42.6 Å². The van der Waals surface area contributed by atoms with Crippen LogP contribution in [0.2, 0.25) is 0 Å². The number of hydrogen-bond acceptors (Lipinski definition) is 6. The number of sulfonamides is 1. The summed E-state index contributed by atoms with van der Waals surface area (Å²) in [4.78, 5) is 38.1. The van der Waals surface area contributed by atoms with Crippen molar-refractivity contribution in [1.82, 2.24) is 10.0 Å². The van der Waals surface area contributed by atoms with E-state index in [4.69, 9.17) is 0 Å². The SMILES string of the molecule is Cc1ccc(S(=O)(=O)NC(=O)c2cccs2)c(-c2ccc(C(=O)Nc3ccc(C(=O)NCc4ccc(C(F)(F)F)cc4)cc3)cc2)c1. The van der Waals surface area contributed by atoms with Crippen LogP contribution in [0, 0.1) is 6.92 Å². The predicted molar refractivity (Wildman–Crippen MR) is 173 cm³/mol. The van der Waals surface area contributed by atoms with Gasteiger partial charge in [-0.05, 0) is 84.1 Å². The van der Waals surface area contributed by atoms with Crippen molar-refractivity contribution in [2.75, 3.05) is 5.32 Å². The molecule has 4 aromatic carbocycles. The minimum Gasteiger partial charge on any atom is -0.348 e. The van der Waals surface area contributed by atoms with Gasteiger partial charge in [0.25, 0.3) is 27.7 Å². The largest absolute Gasteiger partial charge is 0.416 e. The normalized spacial score (nSPS) is 11.5. The third-order valence-corrected chi connectivity index (χ3v) is 9.25. The van der Waals surface area contributed by atoms with Crippen molar-refractivity contribution < 1.29 is 36.0 Å². The van der Waals surface area contributed by atoms with E-state index in [2.05, 4.69) is 15.4 Å². The maximum atomic E-state index is 13.2. The van der Waals surface area contributed by atoms with Crippen LogP contribution in [0.25, 0.3) is 11.1 Å². The topological polar surface area (TPSA) is 121 Å². The Morgan fingerprint density at radius 3 is 2.02 bits per heavy atom. The Balaban J connectivity index is 1.22. The molecule has 0 radical (unpaired) electrons. The Labute approximate surface area is 272 Å². The number of alkyl halides is 3. The summed E-state index contributed by atoms with van der Waals surface area (Å²) < 4.78 is 66.7. The number of hydrogen-bond donors (Lipinski definition) is 3. The molecular formula is C34H26F3N3O5S2. The van der Waals surface area contributed by atoms with Crippen LogP contribution < -0.4 is 15.4 Å². The molecular weight excluding hydrogens is 652 g/mol. The van der Waals surface area contributed by atoms with E-state index >= 15 is 0 Å². The van der Waals surface area contributed by atoms with Gasteiger partial charge in [0.05, 0.1) is 15.3 Å². The molecule has 0 fully saturated rings. The smallest absolute Gasteiger partial charge is 0.348 e. The number of thiophene rings is 1. The van der Waals surface area contributed by atoms with Crippen molar-refractivity contribution in [1.29, 1.82) is 0 Å². The number of amides is 3. The summed E-state index contributed by atoms with van der Waals surface area (Å²) in [5.41, 5.74) is 2.38.